The Morgan fingerprint density at radius 2 is 1.75 bits per heavy atom. The maximum atomic E-state index is 11.9. The second kappa shape index (κ2) is 10.3. The van der Waals surface area contributed by atoms with Gasteiger partial charge in [-0.2, -0.15) is 0 Å². The van der Waals surface area contributed by atoms with Crippen LogP contribution < -0.4 is 15.5 Å². The van der Waals surface area contributed by atoms with Crippen molar-refractivity contribution in [3.05, 3.63) is 24.3 Å². The third-order valence-corrected chi connectivity index (χ3v) is 5.07. The van der Waals surface area contributed by atoms with Crippen molar-refractivity contribution in [3.63, 3.8) is 0 Å². The molecule has 0 aliphatic carbocycles. The number of methoxy groups -OCH3 is 2. The summed E-state index contributed by atoms with van der Waals surface area (Å²) in [6.45, 7) is 5.12. The molecule has 2 N–H and O–H groups in total. The van der Waals surface area contributed by atoms with Crippen LogP contribution in [-0.4, -0.2) is 51.8 Å². The molecule has 1 fully saturated rings. The van der Waals surface area contributed by atoms with E-state index in [2.05, 4.69) is 4.90 Å². The minimum absolute atomic E-state index is 0.166. The fourth-order valence-electron chi connectivity index (χ4n) is 3.58. The van der Waals surface area contributed by atoms with Crippen LogP contribution >= 0.6 is 0 Å². The fraction of sp³-hybridized carbons (Fsp3) is 0.600. The van der Waals surface area contributed by atoms with Crippen molar-refractivity contribution < 1.29 is 23.8 Å². The van der Waals surface area contributed by atoms with Gasteiger partial charge >= 0.3 is 12.0 Å². The first kappa shape index (κ1) is 22.0. The lowest BCUT2D eigenvalue weighted by molar-refractivity contribution is -0.147. The maximum Gasteiger partial charge on any atom is 0.322 e. The Morgan fingerprint density at radius 1 is 1.18 bits per heavy atom. The lowest BCUT2D eigenvalue weighted by atomic mass is 9.95. The Kier molecular flexibility index (Phi) is 8.07. The molecule has 8 nitrogen and oxygen atoms in total. The number of nitrogens with zero attached hydrogens (tertiary/aromatic N) is 2. The molecule has 1 saturated heterocycles. The highest BCUT2D eigenvalue weighted by Gasteiger charge is 2.27. The summed E-state index contributed by atoms with van der Waals surface area (Å²) >= 11 is 0. The molecule has 2 amide bonds. The Morgan fingerprint density at radius 3 is 2.21 bits per heavy atom. The number of piperidine rings is 1. The molecule has 28 heavy (non-hydrogen) atoms. The van der Waals surface area contributed by atoms with Gasteiger partial charge in [-0.05, 0) is 44.0 Å². The third kappa shape index (κ3) is 5.36. The summed E-state index contributed by atoms with van der Waals surface area (Å²) in [5.41, 5.74) is 7.15. The van der Waals surface area contributed by atoms with Crippen LogP contribution in [0.25, 0.3) is 0 Å². The van der Waals surface area contributed by atoms with E-state index in [9.17, 15) is 9.59 Å². The topological polar surface area (TPSA) is 94.3 Å². The van der Waals surface area contributed by atoms with Crippen molar-refractivity contribution in [2.45, 2.75) is 45.6 Å². The first-order chi connectivity index (χ1) is 13.4. The third-order valence-electron chi connectivity index (χ3n) is 5.07. The number of rotatable bonds is 8. The number of benzene rings is 1. The lowest BCUT2D eigenvalue weighted by Gasteiger charge is -2.36. The summed E-state index contributed by atoms with van der Waals surface area (Å²) in [6, 6.07) is 6.86. The second-order valence-electron chi connectivity index (χ2n) is 6.83. The molecule has 2 rings (SSSR count). The van der Waals surface area contributed by atoms with Crippen LogP contribution in [0, 0.1) is 5.92 Å². The molecule has 8 heteroatoms. The number of primary amides is 1. The predicted molar refractivity (Wildman–Crippen MR) is 107 cm³/mol. The molecule has 1 atom stereocenters. The van der Waals surface area contributed by atoms with Crippen LogP contribution in [0.3, 0.4) is 0 Å². The van der Waals surface area contributed by atoms with Gasteiger partial charge in [0.15, 0.2) is 12.5 Å². The number of anilines is 2. The number of hydrogen-bond donors (Lipinski definition) is 1. The highest BCUT2D eigenvalue weighted by Crippen LogP contribution is 2.28. The van der Waals surface area contributed by atoms with Crippen molar-refractivity contribution in [2.75, 3.05) is 37.1 Å². The molecular weight excluding hydrogens is 362 g/mol. The van der Waals surface area contributed by atoms with E-state index in [1.165, 1.54) is 4.90 Å². The smallest absolute Gasteiger partial charge is 0.322 e. The maximum absolute atomic E-state index is 11.9. The average Bonchev–Trinajstić information content (AvgIpc) is 2.69. The lowest BCUT2D eigenvalue weighted by Crippen LogP contribution is -2.44. The van der Waals surface area contributed by atoms with Crippen LogP contribution in [0.15, 0.2) is 24.3 Å². The normalized spacial score (nSPS) is 16.1. The summed E-state index contributed by atoms with van der Waals surface area (Å²) in [5.74, 6) is -0.00589. The molecule has 1 aromatic carbocycles. The zero-order valence-electron chi connectivity index (χ0n) is 17.1. The Balaban J connectivity index is 2.04. The first-order valence-corrected chi connectivity index (χ1v) is 9.60. The van der Waals surface area contributed by atoms with Crippen molar-refractivity contribution in [3.8, 4) is 0 Å². The summed E-state index contributed by atoms with van der Waals surface area (Å²) in [6.07, 6.45) is 1.25. The predicted octanol–water partition coefficient (Wildman–Crippen LogP) is 2.71. The number of ether oxygens (including phenoxy) is 3. The molecule has 1 aromatic rings. The quantitative estimate of drug-likeness (QED) is 0.539. The minimum Gasteiger partial charge on any atom is -0.441 e. The van der Waals surface area contributed by atoms with E-state index >= 15 is 0 Å². The molecule has 0 saturated carbocycles. The number of amides is 2. The summed E-state index contributed by atoms with van der Waals surface area (Å²) in [4.78, 5) is 27.0. The minimum atomic E-state index is -0.772. The highest BCUT2D eigenvalue weighted by atomic mass is 16.7. The van der Waals surface area contributed by atoms with Gasteiger partial charge in [-0.3, -0.25) is 9.69 Å². The van der Waals surface area contributed by atoms with Gasteiger partial charge in [0, 0.05) is 51.0 Å². The Bertz CT molecular complexity index is 640. The molecular formula is C20H31N3O5. The van der Waals surface area contributed by atoms with Crippen molar-refractivity contribution in [1.29, 1.82) is 0 Å². The van der Waals surface area contributed by atoms with Crippen molar-refractivity contribution in [1.82, 2.24) is 0 Å². The summed E-state index contributed by atoms with van der Waals surface area (Å²) in [5, 5.41) is 0. The molecule has 1 aliphatic rings. The van der Waals surface area contributed by atoms with E-state index in [0.717, 1.165) is 31.6 Å². The molecule has 0 bridgehead atoms. The molecule has 0 spiro atoms. The van der Waals surface area contributed by atoms with Crippen LogP contribution in [0.5, 0.6) is 0 Å². The number of carbonyl (C=O) groups excluding carboxylic acids is 2. The van der Waals surface area contributed by atoms with Gasteiger partial charge < -0.3 is 24.8 Å². The molecule has 1 aliphatic heterocycles. The van der Waals surface area contributed by atoms with Gasteiger partial charge in [0.05, 0.1) is 0 Å². The van der Waals surface area contributed by atoms with Crippen molar-refractivity contribution in [2.24, 2.45) is 11.7 Å². The SMILES string of the molecule is CCC(=O)OC(C)N(C(N)=O)c1ccc(N2CCC(C(OC)OC)CC2)cc1. The van der Waals surface area contributed by atoms with E-state index < -0.39 is 12.3 Å². The number of urea groups is 1. The molecule has 0 aromatic heterocycles. The van der Waals surface area contributed by atoms with E-state index in [-0.39, 0.29) is 18.7 Å². The number of carbonyl (C=O) groups is 2. The number of hydrogen-bond acceptors (Lipinski definition) is 6. The van der Waals surface area contributed by atoms with Gasteiger partial charge in [-0.15, -0.1) is 0 Å². The highest BCUT2D eigenvalue weighted by molar-refractivity contribution is 5.91. The fourth-order valence-corrected chi connectivity index (χ4v) is 3.58. The van der Waals surface area contributed by atoms with Gasteiger partial charge in [0.1, 0.15) is 0 Å². The van der Waals surface area contributed by atoms with Crippen LogP contribution in [0.2, 0.25) is 0 Å². The monoisotopic (exact) mass is 393 g/mol. The van der Waals surface area contributed by atoms with E-state index in [1.807, 2.05) is 24.3 Å². The largest absolute Gasteiger partial charge is 0.441 e. The van der Waals surface area contributed by atoms with Gasteiger partial charge in [-0.1, -0.05) is 6.92 Å². The van der Waals surface area contributed by atoms with Gasteiger partial charge in [-0.25, -0.2) is 4.79 Å². The Hall–Kier alpha value is -2.32. The standard InChI is InChI=1S/C20H31N3O5/c1-5-18(24)28-14(2)23(20(21)25)17-8-6-16(7-9-17)22-12-10-15(11-13-22)19(26-3)27-4/h6-9,14-15,19H,5,10-13H2,1-4H3,(H2,21,25). The molecule has 156 valence electrons. The van der Waals surface area contributed by atoms with Crippen LogP contribution in [0.4, 0.5) is 16.2 Å². The van der Waals surface area contributed by atoms with Gasteiger partial charge in [0.2, 0.25) is 0 Å². The second-order valence-corrected chi connectivity index (χ2v) is 6.83. The Labute approximate surface area is 166 Å². The molecule has 1 heterocycles. The van der Waals surface area contributed by atoms with E-state index in [4.69, 9.17) is 19.9 Å². The average molecular weight is 393 g/mol. The zero-order chi connectivity index (χ0) is 20.7. The van der Waals surface area contributed by atoms with Crippen molar-refractivity contribution >= 4 is 23.4 Å². The number of esters is 1. The summed E-state index contributed by atoms with van der Waals surface area (Å²) in [7, 11) is 3.34. The van der Waals surface area contributed by atoms with Gasteiger partial charge in [0.25, 0.3) is 0 Å². The first-order valence-electron chi connectivity index (χ1n) is 9.60. The molecule has 0 radical (unpaired) electrons. The number of nitrogens with two attached hydrogens (primary N) is 1. The summed E-state index contributed by atoms with van der Waals surface area (Å²) < 4.78 is 16.0. The molecule has 1 unspecified atom stereocenters. The van der Waals surface area contributed by atoms with E-state index in [1.54, 1.807) is 28.1 Å². The van der Waals surface area contributed by atoms with E-state index in [0.29, 0.717) is 11.6 Å². The zero-order valence-corrected chi connectivity index (χ0v) is 17.1. The van der Waals surface area contributed by atoms with Crippen LogP contribution in [0.1, 0.15) is 33.1 Å². The van der Waals surface area contributed by atoms with Crippen LogP contribution in [-0.2, 0) is 19.0 Å².